The fourth-order valence-electron chi connectivity index (χ4n) is 2.51. The number of ether oxygens (including phenoxy) is 2. The molecule has 1 atom stereocenters. The Labute approximate surface area is 118 Å². The number of fused-ring (bicyclic) bond motifs is 1. The Kier molecular flexibility index (Phi) is 3.60. The summed E-state index contributed by atoms with van der Waals surface area (Å²) in [5.74, 6) is 1.53. The zero-order valence-corrected chi connectivity index (χ0v) is 11.6. The molecule has 1 aromatic carbocycles. The number of hydrogen-bond donors (Lipinski definition) is 1. The van der Waals surface area contributed by atoms with E-state index in [1.807, 2.05) is 28.9 Å². The zero-order valence-electron chi connectivity index (χ0n) is 11.6. The van der Waals surface area contributed by atoms with E-state index in [4.69, 9.17) is 15.2 Å². The summed E-state index contributed by atoms with van der Waals surface area (Å²) in [5.41, 5.74) is 8.36. The third kappa shape index (κ3) is 2.25. The maximum absolute atomic E-state index is 6.42. The number of para-hydroxylation sites is 1. The van der Waals surface area contributed by atoms with E-state index < -0.39 is 0 Å². The van der Waals surface area contributed by atoms with Crippen LogP contribution in [0.15, 0.2) is 30.5 Å². The molecule has 0 fully saturated rings. The van der Waals surface area contributed by atoms with Crippen molar-refractivity contribution in [3.8, 4) is 11.5 Å². The maximum Gasteiger partial charge on any atom is 0.166 e. The van der Waals surface area contributed by atoms with Gasteiger partial charge in [0.05, 0.1) is 11.7 Å². The largest absolute Gasteiger partial charge is 0.486 e. The molecule has 0 radical (unpaired) electrons. The van der Waals surface area contributed by atoms with Crippen LogP contribution in [0, 0.1) is 0 Å². The van der Waals surface area contributed by atoms with Crippen molar-refractivity contribution in [3.05, 3.63) is 41.7 Å². The smallest absolute Gasteiger partial charge is 0.166 e. The van der Waals surface area contributed by atoms with Gasteiger partial charge in [0.25, 0.3) is 0 Å². The molecule has 0 saturated carbocycles. The van der Waals surface area contributed by atoms with Gasteiger partial charge in [0, 0.05) is 18.3 Å². The van der Waals surface area contributed by atoms with Crippen LogP contribution in [0.3, 0.4) is 0 Å². The number of aryl methyl sites for hydroxylation is 1. The highest BCUT2D eigenvalue weighted by molar-refractivity contribution is 5.50. The van der Waals surface area contributed by atoms with E-state index in [1.54, 1.807) is 6.20 Å². The highest BCUT2D eigenvalue weighted by atomic mass is 16.6. The molecule has 0 aliphatic carbocycles. The van der Waals surface area contributed by atoms with Crippen LogP contribution in [0.4, 0.5) is 0 Å². The van der Waals surface area contributed by atoms with Crippen molar-refractivity contribution in [1.82, 2.24) is 9.78 Å². The van der Waals surface area contributed by atoms with E-state index in [0.717, 1.165) is 35.7 Å². The monoisotopic (exact) mass is 273 g/mol. The third-order valence-electron chi connectivity index (χ3n) is 3.44. The molecule has 106 valence electrons. The Morgan fingerprint density at radius 2 is 2.15 bits per heavy atom. The molecule has 1 aliphatic heterocycles. The maximum atomic E-state index is 6.42. The lowest BCUT2D eigenvalue weighted by molar-refractivity contribution is 0.169. The molecule has 1 unspecified atom stereocenters. The predicted molar refractivity (Wildman–Crippen MR) is 76.0 cm³/mol. The summed E-state index contributed by atoms with van der Waals surface area (Å²) in [4.78, 5) is 0. The van der Waals surface area contributed by atoms with Crippen molar-refractivity contribution in [2.24, 2.45) is 5.73 Å². The van der Waals surface area contributed by atoms with Crippen LogP contribution < -0.4 is 15.2 Å². The summed E-state index contributed by atoms with van der Waals surface area (Å²) in [6, 6.07) is 7.54. The number of nitrogens with zero attached hydrogens (tertiary/aromatic N) is 2. The summed E-state index contributed by atoms with van der Waals surface area (Å²) < 4.78 is 13.3. The second-order valence-electron chi connectivity index (χ2n) is 4.83. The van der Waals surface area contributed by atoms with E-state index in [1.165, 1.54) is 0 Å². The molecule has 0 amide bonds. The summed E-state index contributed by atoms with van der Waals surface area (Å²) in [7, 11) is 0. The van der Waals surface area contributed by atoms with Crippen LogP contribution in [-0.2, 0) is 6.54 Å². The fourth-order valence-corrected chi connectivity index (χ4v) is 2.51. The summed E-state index contributed by atoms with van der Waals surface area (Å²) in [6.45, 7) is 4.13. The van der Waals surface area contributed by atoms with E-state index in [2.05, 4.69) is 12.0 Å². The Balaban J connectivity index is 1.98. The van der Waals surface area contributed by atoms with Crippen molar-refractivity contribution in [3.63, 3.8) is 0 Å². The average molecular weight is 273 g/mol. The Morgan fingerprint density at radius 3 is 3.00 bits per heavy atom. The van der Waals surface area contributed by atoms with Gasteiger partial charge in [0.2, 0.25) is 0 Å². The van der Waals surface area contributed by atoms with Gasteiger partial charge in [-0.25, -0.2) is 0 Å². The molecule has 1 aromatic heterocycles. The van der Waals surface area contributed by atoms with Gasteiger partial charge < -0.3 is 15.2 Å². The standard InChI is InChI=1S/C15H19N3O2/c1-2-8-18-12(6-7-17-18)14(16)11-4-3-5-13-15(11)20-10-9-19-13/h3-7,14H,2,8-10,16H2,1H3. The summed E-state index contributed by atoms with van der Waals surface area (Å²) >= 11 is 0. The number of nitrogens with two attached hydrogens (primary N) is 1. The van der Waals surface area contributed by atoms with Crippen LogP contribution in [0.2, 0.25) is 0 Å². The van der Waals surface area contributed by atoms with Crippen LogP contribution in [0.1, 0.15) is 30.6 Å². The van der Waals surface area contributed by atoms with Gasteiger partial charge in [-0.3, -0.25) is 4.68 Å². The van der Waals surface area contributed by atoms with E-state index in [-0.39, 0.29) is 6.04 Å². The van der Waals surface area contributed by atoms with Gasteiger partial charge in [0.15, 0.2) is 11.5 Å². The van der Waals surface area contributed by atoms with Gasteiger partial charge in [-0.15, -0.1) is 0 Å². The molecule has 0 saturated heterocycles. The Bertz CT molecular complexity index is 595. The molecular weight excluding hydrogens is 254 g/mol. The van der Waals surface area contributed by atoms with Crippen LogP contribution in [0.25, 0.3) is 0 Å². The van der Waals surface area contributed by atoms with Gasteiger partial charge >= 0.3 is 0 Å². The first kappa shape index (κ1) is 13.0. The fraction of sp³-hybridized carbons (Fsp3) is 0.400. The highest BCUT2D eigenvalue weighted by Gasteiger charge is 2.22. The average Bonchev–Trinajstić information content (AvgIpc) is 2.94. The lowest BCUT2D eigenvalue weighted by atomic mass is 10.0. The minimum atomic E-state index is -0.263. The first-order chi connectivity index (χ1) is 9.81. The quantitative estimate of drug-likeness (QED) is 0.926. The van der Waals surface area contributed by atoms with Crippen LogP contribution in [-0.4, -0.2) is 23.0 Å². The molecule has 3 rings (SSSR count). The molecule has 5 nitrogen and oxygen atoms in total. The lowest BCUT2D eigenvalue weighted by Gasteiger charge is -2.23. The number of rotatable bonds is 4. The van der Waals surface area contributed by atoms with Gasteiger partial charge in [-0.1, -0.05) is 19.1 Å². The summed E-state index contributed by atoms with van der Waals surface area (Å²) in [6.07, 6.45) is 2.81. The molecule has 2 N–H and O–H groups in total. The number of benzene rings is 1. The molecule has 5 heteroatoms. The highest BCUT2D eigenvalue weighted by Crippen LogP contribution is 2.38. The Morgan fingerprint density at radius 1 is 1.30 bits per heavy atom. The van der Waals surface area contributed by atoms with Crippen LogP contribution >= 0.6 is 0 Å². The lowest BCUT2D eigenvalue weighted by Crippen LogP contribution is -2.22. The van der Waals surface area contributed by atoms with E-state index in [9.17, 15) is 0 Å². The second-order valence-corrected chi connectivity index (χ2v) is 4.83. The minimum absolute atomic E-state index is 0.263. The Hall–Kier alpha value is -2.01. The van der Waals surface area contributed by atoms with E-state index >= 15 is 0 Å². The molecule has 2 heterocycles. The predicted octanol–water partition coefficient (Wildman–Crippen LogP) is 2.11. The van der Waals surface area contributed by atoms with Crippen molar-refractivity contribution < 1.29 is 9.47 Å². The van der Waals surface area contributed by atoms with E-state index in [0.29, 0.717) is 13.2 Å². The first-order valence-electron chi connectivity index (χ1n) is 6.97. The molecule has 0 bridgehead atoms. The molecule has 20 heavy (non-hydrogen) atoms. The zero-order chi connectivity index (χ0) is 13.9. The van der Waals surface area contributed by atoms with Crippen molar-refractivity contribution in [1.29, 1.82) is 0 Å². The first-order valence-corrected chi connectivity index (χ1v) is 6.97. The normalized spacial score (nSPS) is 15.1. The van der Waals surface area contributed by atoms with Crippen molar-refractivity contribution in [2.45, 2.75) is 25.9 Å². The van der Waals surface area contributed by atoms with Gasteiger partial charge in [-0.2, -0.15) is 5.10 Å². The summed E-state index contributed by atoms with van der Waals surface area (Å²) in [5, 5.41) is 4.33. The molecule has 0 spiro atoms. The van der Waals surface area contributed by atoms with Gasteiger partial charge in [-0.05, 0) is 18.6 Å². The molecule has 2 aromatic rings. The van der Waals surface area contributed by atoms with Crippen LogP contribution in [0.5, 0.6) is 11.5 Å². The topological polar surface area (TPSA) is 62.3 Å². The minimum Gasteiger partial charge on any atom is -0.486 e. The van der Waals surface area contributed by atoms with Crippen molar-refractivity contribution in [2.75, 3.05) is 13.2 Å². The number of hydrogen-bond acceptors (Lipinski definition) is 4. The third-order valence-corrected chi connectivity index (χ3v) is 3.44. The molecular formula is C15H19N3O2. The molecule has 1 aliphatic rings. The van der Waals surface area contributed by atoms with Crippen molar-refractivity contribution >= 4 is 0 Å². The second kappa shape index (κ2) is 5.54. The number of aromatic nitrogens is 2. The van der Waals surface area contributed by atoms with Gasteiger partial charge in [0.1, 0.15) is 13.2 Å². The SMILES string of the molecule is CCCn1nccc1C(N)c1cccc2c1OCCO2.